The van der Waals surface area contributed by atoms with Gasteiger partial charge in [-0.1, -0.05) is 282 Å². The third kappa shape index (κ3) is 151. The highest BCUT2D eigenvalue weighted by Crippen LogP contribution is 2.29. The first-order chi connectivity index (χ1) is 38.3. The molecule has 86 heavy (non-hydrogen) atoms. The van der Waals surface area contributed by atoms with Crippen LogP contribution in [0.1, 0.15) is 354 Å². The van der Waals surface area contributed by atoms with E-state index < -0.39 is 0 Å². The highest BCUT2D eigenvalue weighted by atomic mass is 32.2. The lowest BCUT2D eigenvalue weighted by atomic mass is 9.89. The predicted octanol–water partition coefficient (Wildman–Crippen LogP) is 28.4. The molecular formula is C79H175O3PS3. The van der Waals surface area contributed by atoms with Gasteiger partial charge >= 0.3 is 0 Å². The number of unbranched alkanes of at least 4 members (excludes halogenated alkanes) is 1. The molecule has 0 saturated carbocycles. The van der Waals surface area contributed by atoms with Crippen molar-refractivity contribution in [3.8, 4) is 0 Å². The molecule has 0 spiro atoms. The second-order valence-corrected chi connectivity index (χ2v) is 43.5. The second-order valence-electron chi connectivity index (χ2n) is 37.6. The van der Waals surface area contributed by atoms with Gasteiger partial charge in [0.05, 0.1) is 12.7 Å². The van der Waals surface area contributed by atoms with E-state index in [4.69, 9.17) is 14.2 Å². The average molecular weight is 1300 g/mol. The Bertz CT molecular complexity index is 1060. The van der Waals surface area contributed by atoms with Gasteiger partial charge in [0.15, 0.2) is 0 Å². The Morgan fingerprint density at radius 3 is 1.12 bits per heavy atom. The Morgan fingerprint density at radius 2 is 0.779 bits per heavy atom. The Labute approximate surface area is 566 Å². The van der Waals surface area contributed by atoms with Crippen LogP contribution < -0.4 is 0 Å². The first kappa shape index (κ1) is 103. The van der Waals surface area contributed by atoms with Crippen molar-refractivity contribution in [1.82, 2.24) is 0 Å². The number of ether oxygens (including phenoxy) is 3. The van der Waals surface area contributed by atoms with Crippen LogP contribution in [0.3, 0.4) is 0 Å². The molecule has 1 unspecified atom stereocenters. The van der Waals surface area contributed by atoms with Crippen LogP contribution in [-0.4, -0.2) is 85.0 Å². The number of thioether (sulfide) groups is 3. The van der Waals surface area contributed by atoms with Crippen molar-refractivity contribution in [1.29, 1.82) is 0 Å². The molecule has 0 aromatic heterocycles. The molecule has 0 aliphatic carbocycles. The molecule has 1 atom stereocenters. The summed E-state index contributed by atoms with van der Waals surface area (Å²) in [5.74, 6) is 10.6. The molecule has 0 aromatic carbocycles. The van der Waals surface area contributed by atoms with E-state index in [9.17, 15) is 0 Å². The second kappa shape index (κ2) is 58.9. The maximum atomic E-state index is 5.51. The van der Waals surface area contributed by atoms with Crippen molar-refractivity contribution in [3.05, 3.63) is 0 Å². The monoisotopic (exact) mass is 1300 g/mol. The van der Waals surface area contributed by atoms with Crippen molar-refractivity contribution >= 4 is 43.9 Å². The van der Waals surface area contributed by atoms with Gasteiger partial charge in [-0.25, -0.2) is 0 Å². The molecule has 0 radical (unpaired) electrons. The van der Waals surface area contributed by atoms with Crippen LogP contribution in [0.4, 0.5) is 0 Å². The van der Waals surface area contributed by atoms with Gasteiger partial charge in [-0.3, -0.25) is 0 Å². The Morgan fingerprint density at radius 1 is 0.337 bits per heavy atom. The predicted molar refractivity (Wildman–Crippen MR) is 419 cm³/mol. The summed E-state index contributed by atoms with van der Waals surface area (Å²) in [6.07, 6.45) is 17.5. The van der Waals surface area contributed by atoms with E-state index in [1.54, 1.807) is 0 Å². The van der Waals surface area contributed by atoms with Crippen LogP contribution in [0.15, 0.2) is 0 Å². The summed E-state index contributed by atoms with van der Waals surface area (Å²) in [5.41, 5.74) is 4.71. The van der Waals surface area contributed by atoms with E-state index in [2.05, 4.69) is 312 Å². The van der Waals surface area contributed by atoms with Gasteiger partial charge in [0.2, 0.25) is 0 Å². The minimum Gasteiger partial charge on any atom is -0.381 e. The van der Waals surface area contributed by atoms with E-state index in [0.29, 0.717) is 55.3 Å². The minimum absolute atomic E-state index is 0.316. The number of hydrogen-bond acceptors (Lipinski definition) is 6. The lowest BCUT2D eigenvalue weighted by molar-refractivity contribution is 0.0646. The van der Waals surface area contributed by atoms with Crippen molar-refractivity contribution in [2.24, 2.45) is 72.9 Å². The van der Waals surface area contributed by atoms with Gasteiger partial charge in [-0.05, 0) is 190 Å². The molecule has 0 aliphatic rings. The zero-order chi connectivity index (χ0) is 69.8. The fraction of sp³-hybridized carbons (Fsp3) is 1.00. The standard InChI is InChI=1S/C11H24.3C10H22O.3C10H22S.C8H19P/c1-10(2)8-6-7-9-11(3,4)5;1-9(2)8-11-7-6-10(3,4)5;1-9(2)6-7-11-8-10(3,4)5;1-9(2)11-8-6-7-10(3,4)5;1-9(2)8-11-7-6-10(3,4)5;1-9(2)6-7-11-8-10(3,4)5;1-9(2)11-8-6-7-10(3,4)5;1-7(2)9-6-8(3,4)5/h10H,6-9H2,1-5H3;6*9H,6-8H2,1-5H3;7,9H,6H2,1-5H3. The van der Waals surface area contributed by atoms with E-state index >= 15 is 0 Å². The number of hydrogen-bond donors (Lipinski definition) is 0. The maximum Gasteiger partial charge on any atom is 0.0518 e. The quantitative estimate of drug-likeness (QED) is 0.0526. The minimum atomic E-state index is 0.316. The summed E-state index contributed by atoms with van der Waals surface area (Å²) in [5, 5.41) is 0.801. The summed E-state index contributed by atoms with van der Waals surface area (Å²) in [6, 6.07) is 0. The number of rotatable bonds is 30. The highest BCUT2D eigenvalue weighted by Gasteiger charge is 2.15. The molecule has 0 fully saturated rings. The smallest absolute Gasteiger partial charge is 0.0518 e. The van der Waals surface area contributed by atoms with Gasteiger partial charge in [-0.15, -0.1) is 8.58 Å². The summed E-state index contributed by atoms with van der Waals surface area (Å²) in [4.78, 5) is 0. The van der Waals surface area contributed by atoms with E-state index in [0.717, 1.165) is 82.6 Å². The first-order valence-corrected chi connectivity index (χ1v) is 40.3. The summed E-state index contributed by atoms with van der Waals surface area (Å²) < 4.78 is 16.4. The van der Waals surface area contributed by atoms with Crippen molar-refractivity contribution in [3.63, 3.8) is 0 Å². The Balaban J connectivity index is -0.000000135. The zero-order valence-corrected chi connectivity index (χ0v) is 71.3. The van der Waals surface area contributed by atoms with E-state index in [1.165, 1.54) is 106 Å². The van der Waals surface area contributed by atoms with Crippen LogP contribution in [-0.2, 0) is 14.2 Å². The molecule has 0 amide bonds. The lowest BCUT2D eigenvalue weighted by Crippen LogP contribution is -2.15. The molecule has 0 aliphatic heterocycles. The molecule has 0 N–H and O–H groups in total. The maximum absolute atomic E-state index is 5.51. The SMILES string of the molecule is CC(C)CCCCC(C)(C)C.CC(C)CCOCC(C)(C)C.CC(C)CCSCC(C)(C)C.CC(C)COCCC(C)(C)C.CC(C)CSCCC(C)(C)C.CC(C)OCCCC(C)(C)C.CC(C)PCC(C)(C)C.CC(C)SCCCC(C)(C)C. The molecule has 0 aromatic rings. The molecule has 0 saturated heterocycles. The van der Waals surface area contributed by atoms with E-state index in [-0.39, 0.29) is 0 Å². The summed E-state index contributed by atoms with van der Waals surface area (Å²) in [6.45, 7) is 95.1. The molecule has 0 heterocycles. The van der Waals surface area contributed by atoms with Crippen molar-refractivity contribution < 1.29 is 14.2 Å². The topological polar surface area (TPSA) is 27.7 Å². The molecule has 3 nitrogen and oxygen atoms in total. The van der Waals surface area contributed by atoms with Crippen LogP contribution in [0.2, 0.25) is 0 Å². The third-order valence-electron chi connectivity index (χ3n) is 11.7. The van der Waals surface area contributed by atoms with Crippen LogP contribution in [0.5, 0.6) is 0 Å². The first-order valence-electron chi connectivity index (χ1n) is 35.6. The van der Waals surface area contributed by atoms with Crippen molar-refractivity contribution in [2.45, 2.75) is 371 Å². The molecule has 0 rings (SSSR count). The third-order valence-corrected chi connectivity index (χ3v) is 17.9. The van der Waals surface area contributed by atoms with Gasteiger partial charge < -0.3 is 14.2 Å². The summed E-state index contributed by atoms with van der Waals surface area (Å²) in [7, 11) is 1.14. The molecule has 0 bridgehead atoms. The highest BCUT2D eigenvalue weighted by molar-refractivity contribution is 8.00. The normalized spacial score (nSPS) is 12.7. The zero-order valence-electron chi connectivity index (χ0n) is 67.8. The van der Waals surface area contributed by atoms with Crippen molar-refractivity contribution in [2.75, 3.05) is 68.0 Å². The van der Waals surface area contributed by atoms with Gasteiger partial charge in [0.25, 0.3) is 0 Å². The largest absolute Gasteiger partial charge is 0.381 e. The van der Waals surface area contributed by atoms with Crippen LogP contribution >= 0.6 is 43.9 Å². The van der Waals surface area contributed by atoms with Crippen LogP contribution in [0, 0.1) is 72.9 Å². The van der Waals surface area contributed by atoms with Crippen LogP contribution in [0.25, 0.3) is 0 Å². The summed E-state index contributed by atoms with van der Waals surface area (Å²) >= 11 is 6.25. The fourth-order valence-corrected chi connectivity index (χ4v) is 10.9. The molecule has 7 heteroatoms. The van der Waals surface area contributed by atoms with Gasteiger partial charge in [0.1, 0.15) is 0 Å². The average Bonchev–Trinajstić information content (AvgIpc) is 3.27. The van der Waals surface area contributed by atoms with E-state index in [1.807, 2.05) is 0 Å². The lowest BCUT2D eigenvalue weighted by Gasteiger charge is -2.18. The van der Waals surface area contributed by atoms with Gasteiger partial charge in [-0.2, -0.15) is 35.3 Å². The Hall–Kier alpha value is 1.36. The fourth-order valence-electron chi connectivity index (χ4n) is 6.35. The molecule has 532 valence electrons. The molecular weight excluding hydrogens is 1120 g/mol. The van der Waals surface area contributed by atoms with Gasteiger partial charge in [0, 0.05) is 26.4 Å². The Kier molecular flexibility index (Phi) is 70.9.